The van der Waals surface area contributed by atoms with Gasteiger partial charge < -0.3 is 4.55 Å². The van der Waals surface area contributed by atoms with Gasteiger partial charge in [-0.3, -0.25) is 0 Å². The van der Waals surface area contributed by atoms with E-state index in [4.69, 9.17) is 23.2 Å². The lowest BCUT2D eigenvalue weighted by atomic mass is 9.89. The van der Waals surface area contributed by atoms with Crippen LogP contribution in [-0.4, -0.2) is 14.3 Å². The number of hydrogen-bond acceptors (Lipinski definition) is 3. The van der Waals surface area contributed by atoms with Crippen molar-refractivity contribution < 1.29 is 8.94 Å². The van der Waals surface area contributed by atoms with Crippen LogP contribution in [0.25, 0.3) is 11.3 Å². The zero-order chi connectivity index (χ0) is 20.4. The lowest BCUT2D eigenvalue weighted by Gasteiger charge is -2.35. The van der Waals surface area contributed by atoms with Crippen LogP contribution >= 0.6 is 23.2 Å². The second-order valence-electron chi connectivity index (χ2n) is 7.50. The lowest BCUT2D eigenvalue weighted by molar-refractivity contribution is 0.425. The van der Waals surface area contributed by atoms with Gasteiger partial charge in [0, 0.05) is 16.9 Å². The van der Waals surface area contributed by atoms with Gasteiger partial charge in [0.1, 0.15) is 15.7 Å². The molecule has 2 atom stereocenters. The molecule has 27 heavy (non-hydrogen) atoms. The van der Waals surface area contributed by atoms with Crippen molar-refractivity contribution in [3.8, 4) is 11.3 Å². The molecule has 1 aromatic heterocycles. The van der Waals surface area contributed by atoms with Gasteiger partial charge in [-0.2, -0.15) is 0 Å². The third-order valence-electron chi connectivity index (χ3n) is 4.07. The average Bonchev–Trinajstić information content (AvgIpc) is 2.56. The summed E-state index contributed by atoms with van der Waals surface area (Å²) in [5.41, 5.74) is 1.32. The minimum atomic E-state index is -1.31. The highest BCUT2D eigenvalue weighted by molar-refractivity contribution is 7.90. The van der Waals surface area contributed by atoms with E-state index in [1.54, 1.807) is 18.2 Å². The molecule has 1 N–H and O–H groups in total. The Morgan fingerprint density at radius 1 is 1.22 bits per heavy atom. The second-order valence-corrected chi connectivity index (χ2v) is 10.3. The molecule has 0 saturated carbocycles. The van der Waals surface area contributed by atoms with Crippen LogP contribution in [0, 0.1) is 5.82 Å². The Kier molecular flexibility index (Phi) is 6.98. The van der Waals surface area contributed by atoms with E-state index in [1.807, 2.05) is 33.8 Å². The summed E-state index contributed by atoms with van der Waals surface area (Å²) in [5, 5.41) is 0.290. The van der Waals surface area contributed by atoms with Gasteiger partial charge in [0.2, 0.25) is 0 Å². The zero-order valence-corrected chi connectivity index (χ0v) is 18.1. The molecule has 7 heteroatoms. The van der Waals surface area contributed by atoms with Crippen LogP contribution in [0.3, 0.4) is 0 Å². The minimum Gasteiger partial charge on any atom is -0.598 e. The Bertz CT molecular complexity index is 841. The number of pyridine rings is 1. The van der Waals surface area contributed by atoms with Crippen LogP contribution in [-0.2, 0) is 16.9 Å². The molecule has 0 aliphatic rings. The molecule has 2 unspecified atom stereocenters. The molecule has 0 saturated heterocycles. The Labute approximate surface area is 173 Å². The molecule has 146 valence electrons. The van der Waals surface area contributed by atoms with Crippen LogP contribution in [0.15, 0.2) is 43.0 Å². The highest BCUT2D eigenvalue weighted by Crippen LogP contribution is 2.33. The molecule has 0 aliphatic heterocycles. The maximum Gasteiger partial charge on any atom is 0.141 e. The third kappa shape index (κ3) is 5.46. The van der Waals surface area contributed by atoms with Crippen LogP contribution in [0.2, 0.25) is 10.2 Å². The van der Waals surface area contributed by atoms with Crippen molar-refractivity contribution in [2.45, 2.75) is 44.4 Å². The summed E-state index contributed by atoms with van der Waals surface area (Å²) in [6.45, 7) is 11.5. The van der Waals surface area contributed by atoms with E-state index >= 15 is 0 Å². The summed E-state index contributed by atoms with van der Waals surface area (Å²) in [6, 6.07) is 7.95. The first kappa shape index (κ1) is 22.2. The number of aromatic nitrogens is 1. The summed E-state index contributed by atoms with van der Waals surface area (Å²) in [6.07, 6.45) is 2.29. The van der Waals surface area contributed by atoms with Gasteiger partial charge >= 0.3 is 0 Å². The van der Waals surface area contributed by atoms with Crippen LogP contribution < -0.4 is 4.72 Å². The summed E-state index contributed by atoms with van der Waals surface area (Å²) < 4.78 is 29.0. The number of halogens is 3. The van der Waals surface area contributed by atoms with E-state index < -0.39 is 27.5 Å². The van der Waals surface area contributed by atoms with Crippen molar-refractivity contribution in [3.63, 3.8) is 0 Å². The maximum atomic E-state index is 13.5. The molecule has 0 amide bonds. The SMILES string of the molecule is C=CCC(C)(N[S+]([O-])C(C)(C)C)c1cc(Cl)nc(-c2ccc(F)c(Cl)c2)c1. The van der Waals surface area contributed by atoms with Crippen molar-refractivity contribution in [3.05, 3.63) is 64.5 Å². The molecule has 3 nitrogen and oxygen atoms in total. The molecule has 0 spiro atoms. The molecule has 0 fully saturated rings. The van der Waals surface area contributed by atoms with Gasteiger partial charge in [-0.15, -0.1) is 11.3 Å². The minimum absolute atomic E-state index is 0.0108. The number of rotatable bonds is 6. The Morgan fingerprint density at radius 2 is 1.89 bits per heavy atom. The summed E-state index contributed by atoms with van der Waals surface area (Å²) in [5.74, 6) is -0.499. The first-order chi connectivity index (χ1) is 12.5. The van der Waals surface area contributed by atoms with Gasteiger partial charge in [0.25, 0.3) is 0 Å². The molecular weight excluding hydrogens is 406 g/mol. The smallest absolute Gasteiger partial charge is 0.141 e. The summed E-state index contributed by atoms with van der Waals surface area (Å²) in [4.78, 5) is 4.33. The number of nitrogens with one attached hydrogen (secondary N) is 1. The van der Waals surface area contributed by atoms with E-state index in [-0.39, 0.29) is 10.2 Å². The molecular formula is C20H23Cl2FN2OS. The average molecular weight is 429 g/mol. The van der Waals surface area contributed by atoms with Crippen molar-refractivity contribution in [2.24, 2.45) is 0 Å². The van der Waals surface area contributed by atoms with Crippen LogP contribution in [0.4, 0.5) is 4.39 Å². The maximum absolute atomic E-state index is 13.5. The quantitative estimate of drug-likeness (QED) is 0.346. The first-order valence-electron chi connectivity index (χ1n) is 8.40. The monoisotopic (exact) mass is 428 g/mol. The Morgan fingerprint density at radius 3 is 2.44 bits per heavy atom. The third-order valence-corrected chi connectivity index (χ3v) is 6.30. The molecule has 0 radical (unpaired) electrons. The van der Waals surface area contributed by atoms with Gasteiger partial charge in [-0.25, -0.2) is 9.37 Å². The van der Waals surface area contributed by atoms with Crippen molar-refractivity contribution in [1.82, 2.24) is 9.71 Å². The molecule has 2 aromatic rings. The van der Waals surface area contributed by atoms with Gasteiger partial charge in [-0.1, -0.05) is 29.3 Å². The fourth-order valence-electron chi connectivity index (χ4n) is 2.48. The first-order valence-corrected chi connectivity index (χ1v) is 10.3. The number of benzene rings is 1. The number of hydrogen-bond donors (Lipinski definition) is 1. The van der Waals surface area contributed by atoms with Crippen molar-refractivity contribution in [2.75, 3.05) is 0 Å². The normalized spacial score (nSPS) is 15.3. The lowest BCUT2D eigenvalue weighted by Crippen LogP contribution is -2.49. The van der Waals surface area contributed by atoms with Crippen LogP contribution in [0.5, 0.6) is 0 Å². The highest BCUT2D eigenvalue weighted by atomic mass is 35.5. The zero-order valence-electron chi connectivity index (χ0n) is 15.8. The Balaban J connectivity index is 2.52. The fraction of sp³-hybridized carbons (Fsp3) is 0.350. The Hall–Kier alpha value is -1.11. The largest absolute Gasteiger partial charge is 0.598 e. The molecule has 0 aliphatic carbocycles. The van der Waals surface area contributed by atoms with Gasteiger partial charge in [0.15, 0.2) is 0 Å². The molecule has 1 aromatic carbocycles. The predicted octanol–water partition coefficient (Wildman–Crippen LogP) is 6.04. The summed E-state index contributed by atoms with van der Waals surface area (Å²) >= 11 is 10.9. The molecule has 0 bridgehead atoms. The van der Waals surface area contributed by atoms with Gasteiger partial charge in [0.05, 0.1) is 16.3 Å². The second kappa shape index (κ2) is 8.50. The van der Waals surface area contributed by atoms with E-state index in [0.717, 1.165) is 5.56 Å². The standard InChI is InChI=1S/C20H23Cl2FN2OS/c1-6-9-20(5,25-27(26)19(2,3)4)14-11-17(24-18(22)12-14)13-7-8-16(23)15(21)10-13/h6-8,10-12,25H,1,9H2,2-5H3. The molecule has 1 heterocycles. The van der Waals surface area contributed by atoms with Crippen molar-refractivity contribution >= 4 is 34.6 Å². The topological polar surface area (TPSA) is 48.0 Å². The van der Waals surface area contributed by atoms with E-state index in [0.29, 0.717) is 17.7 Å². The highest BCUT2D eigenvalue weighted by Gasteiger charge is 2.37. The fourth-order valence-corrected chi connectivity index (χ4v) is 3.79. The van der Waals surface area contributed by atoms with Crippen LogP contribution in [0.1, 0.15) is 39.7 Å². The number of nitrogens with zero attached hydrogens (tertiary/aromatic N) is 1. The predicted molar refractivity (Wildman–Crippen MR) is 113 cm³/mol. The van der Waals surface area contributed by atoms with E-state index in [1.165, 1.54) is 12.1 Å². The summed E-state index contributed by atoms with van der Waals surface area (Å²) in [7, 11) is 0. The van der Waals surface area contributed by atoms with Crippen molar-refractivity contribution in [1.29, 1.82) is 0 Å². The van der Waals surface area contributed by atoms with E-state index in [2.05, 4.69) is 16.3 Å². The van der Waals surface area contributed by atoms with Gasteiger partial charge in [-0.05, 0) is 70.0 Å². The van der Waals surface area contributed by atoms with E-state index in [9.17, 15) is 8.94 Å². The molecule has 2 rings (SSSR count).